The van der Waals surface area contributed by atoms with Crippen LogP contribution in [0.25, 0.3) is 12.2 Å². The Morgan fingerprint density at radius 1 is 0.857 bits per heavy atom. The van der Waals surface area contributed by atoms with Gasteiger partial charge in [0.2, 0.25) is 0 Å². The molecule has 0 spiro atoms. The van der Waals surface area contributed by atoms with E-state index in [-0.39, 0.29) is 11.5 Å². The fourth-order valence-electron chi connectivity index (χ4n) is 1.24. The molecule has 0 atom stereocenters. The van der Waals surface area contributed by atoms with Crippen molar-refractivity contribution in [2.24, 2.45) is 0 Å². The Hall–Kier alpha value is -1.70. The molecule has 0 amide bonds. The Balaban J connectivity index is 3.23. The number of phenolic OH excluding ortho intramolecular Hbond substituents is 2. The van der Waals surface area contributed by atoms with Gasteiger partial charge in [0.05, 0.1) is 0 Å². The van der Waals surface area contributed by atoms with E-state index in [0.29, 0.717) is 11.1 Å². The van der Waals surface area contributed by atoms with Gasteiger partial charge in [-0.05, 0) is 26.0 Å². The highest BCUT2D eigenvalue weighted by Crippen LogP contribution is 2.28. The Morgan fingerprint density at radius 2 is 1.21 bits per heavy atom. The Morgan fingerprint density at radius 3 is 1.50 bits per heavy atom. The van der Waals surface area contributed by atoms with Crippen LogP contribution in [0, 0.1) is 0 Å². The standard InChI is InChI=1S/C12H14O2/c1-3-5-9-7-12(14)10(6-4-2)8-11(9)13/h3-8,13-14H,1-2H3/b5-3-,6-4-. The minimum atomic E-state index is 0.175. The molecule has 0 aliphatic heterocycles. The molecule has 0 aliphatic carbocycles. The van der Waals surface area contributed by atoms with E-state index >= 15 is 0 Å². The fourth-order valence-corrected chi connectivity index (χ4v) is 1.24. The van der Waals surface area contributed by atoms with Crippen molar-refractivity contribution in [1.29, 1.82) is 0 Å². The normalized spacial score (nSPS) is 11.6. The van der Waals surface area contributed by atoms with Crippen LogP contribution in [0.3, 0.4) is 0 Å². The van der Waals surface area contributed by atoms with Crippen molar-refractivity contribution in [1.82, 2.24) is 0 Å². The predicted octanol–water partition coefficient (Wildman–Crippen LogP) is 3.16. The summed E-state index contributed by atoms with van der Waals surface area (Å²) in [4.78, 5) is 0. The van der Waals surface area contributed by atoms with E-state index in [1.54, 1.807) is 24.3 Å². The third kappa shape index (κ3) is 2.16. The predicted molar refractivity (Wildman–Crippen MR) is 59.2 cm³/mol. The number of allylic oxidation sites excluding steroid dienone is 2. The van der Waals surface area contributed by atoms with Crippen molar-refractivity contribution < 1.29 is 10.2 Å². The van der Waals surface area contributed by atoms with Gasteiger partial charge in [-0.15, -0.1) is 0 Å². The van der Waals surface area contributed by atoms with Crippen molar-refractivity contribution in [2.45, 2.75) is 13.8 Å². The summed E-state index contributed by atoms with van der Waals surface area (Å²) in [6.07, 6.45) is 7.11. The van der Waals surface area contributed by atoms with E-state index in [9.17, 15) is 10.2 Å². The molecule has 2 heteroatoms. The fraction of sp³-hybridized carbons (Fsp3) is 0.167. The maximum Gasteiger partial charge on any atom is 0.123 e. The first kappa shape index (κ1) is 10.4. The SMILES string of the molecule is C/C=C\c1cc(O)c(/C=C\C)cc1O. The van der Waals surface area contributed by atoms with Crippen LogP contribution >= 0.6 is 0 Å². The van der Waals surface area contributed by atoms with Gasteiger partial charge in [0.25, 0.3) is 0 Å². The van der Waals surface area contributed by atoms with Crippen LogP contribution in [-0.2, 0) is 0 Å². The molecule has 1 aromatic carbocycles. The van der Waals surface area contributed by atoms with Crippen molar-refractivity contribution in [2.75, 3.05) is 0 Å². The molecule has 0 fully saturated rings. The van der Waals surface area contributed by atoms with Gasteiger partial charge in [0.1, 0.15) is 11.5 Å². The lowest BCUT2D eigenvalue weighted by Gasteiger charge is -2.03. The molecule has 0 radical (unpaired) electrons. The molecule has 2 N–H and O–H groups in total. The molecule has 14 heavy (non-hydrogen) atoms. The number of phenols is 2. The topological polar surface area (TPSA) is 40.5 Å². The van der Waals surface area contributed by atoms with E-state index in [1.807, 2.05) is 26.0 Å². The van der Waals surface area contributed by atoms with Crippen LogP contribution in [-0.4, -0.2) is 10.2 Å². The van der Waals surface area contributed by atoms with Gasteiger partial charge in [-0.25, -0.2) is 0 Å². The van der Waals surface area contributed by atoms with Gasteiger partial charge in [-0.2, -0.15) is 0 Å². The minimum absolute atomic E-state index is 0.175. The van der Waals surface area contributed by atoms with Gasteiger partial charge in [-0.1, -0.05) is 24.3 Å². The molecule has 0 unspecified atom stereocenters. The zero-order valence-corrected chi connectivity index (χ0v) is 8.36. The lowest BCUT2D eigenvalue weighted by Crippen LogP contribution is -1.79. The average molecular weight is 190 g/mol. The van der Waals surface area contributed by atoms with Crippen LogP contribution in [0.15, 0.2) is 24.3 Å². The largest absolute Gasteiger partial charge is 0.507 e. The van der Waals surface area contributed by atoms with Crippen molar-refractivity contribution in [3.8, 4) is 11.5 Å². The van der Waals surface area contributed by atoms with E-state index < -0.39 is 0 Å². The van der Waals surface area contributed by atoms with Crippen LogP contribution in [0.5, 0.6) is 11.5 Å². The highest BCUT2D eigenvalue weighted by molar-refractivity contribution is 5.67. The summed E-state index contributed by atoms with van der Waals surface area (Å²) in [6.45, 7) is 3.71. The Kier molecular flexibility index (Phi) is 3.35. The molecule has 0 heterocycles. The number of aromatic hydroxyl groups is 2. The summed E-state index contributed by atoms with van der Waals surface area (Å²) in [5, 5.41) is 19.2. The van der Waals surface area contributed by atoms with Gasteiger partial charge in [0, 0.05) is 11.1 Å². The summed E-state index contributed by atoms with van der Waals surface area (Å²) in [5.74, 6) is 0.350. The molecular formula is C12H14O2. The molecule has 0 saturated heterocycles. The summed E-state index contributed by atoms with van der Waals surface area (Å²) < 4.78 is 0. The zero-order chi connectivity index (χ0) is 10.6. The Labute approximate surface area is 83.8 Å². The van der Waals surface area contributed by atoms with Crippen LogP contribution in [0.1, 0.15) is 25.0 Å². The lowest BCUT2D eigenvalue weighted by atomic mass is 10.1. The summed E-state index contributed by atoms with van der Waals surface area (Å²) in [5.41, 5.74) is 1.25. The number of hydrogen-bond acceptors (Lipinski definition) is 2. The van der Waals surface area contributed by atoms with Gasteiger partial charge >= 0.3 is 0 Å². The smallest absolute Gasteiger partial charge is 0.123 e. The maximum atomic E-state index is 9.58. The molecule has 1 rings (SSSR count). The Bertz CT molecular complexity index is 338. The van der Waals surface area contributed by atoms with Crippen LogP contribution in [0.4, 0.5) is 0 Å². The summed E-state index contributed by atoms with van der Waals surface area (Å²) in [7, 11) is 0. The van der Waals surface area contributed by atoms with Gasteiger partial charge in [0.15, 0.2) is 0 Å². The molecule has 0 aliphatic rings. The van der Waals surface area contributed by atoms with Crippen molar-refractivity contribution in [3.05, 3.63) is 35.4 Å². The lowest BCUT2D eigenvalue weighted by molar-refractivity contribution is 0.458. The molecular weight excluding hydrogens is 176 g/mol. The van der Waals surface area contributed by atoms with Crippen molar-refractivity contribution in [3.63, 3.8) is 0 Å². The van der Waals surface area contributed by atoms with Crippen molar-refractivity contribution >= 4 is 12.2 Å². The third-order valence-electron chi connectivity index (χ3n) is 1.87. The van der Waals surface area contributed by atoms with E-state index in [1.165, 1.54) is 0 Å². The second-order valence-electron chi connectivity index (χ2n) is 2.97. The highest BCUT2D eigenvalue weighted by Gasteiger charge is 2.03. The van der Waals surface area contributed by atoms with E-state index in [0.717, 1.165) is 0 Å². The maximum absolute atomic E-state index is 9.58. The second kappa shape index (κ2) is 4.51. The van der Waals surface area contributed by atoms with Crippen LogP contribution in [0.2, 0.25) is 0 Å². The van der Waals surface area contributed by atoms with Gasteiger partial charge in [-0.3, -0.25) is 0 Å². The summed E-state index contributed by atoms with van der Waals surface area (Å²) in [6, 6.07) is 3.09. The molecule has 74 valence electrons. The first-order chi connectivity index (χ1) is 6.69. The molecule has 1 aromatic rings. The van der Waals surface area contributed by atoms with E-state index in [4.69, 9.17) is 0 Å². The molecule has 0 aromatic heterocycles. The van der Waals surface area contributed by atoms with E-state index in [2.05, 4.69) is 0 Å². The zero-order valence-electron chi connectivity index (χ0n) is 8.36. The molecule has 0 bridgehead atoms. The number of benzene rings is 1. The second-order valence-corrected chi connectivity index (χ2v) is 2.97. The third-order valence-corrected chi connectivity index (χ3v) is 1.87. The summed E-state index contributed by atoms with van der Waals surface area (Å²) >= 11 is 0. The van der Waals surface area contributed by atoms with Gasteiger partial charge < -0.3 is 10.2 Å². The number of rotatable bonds is 2. The first-order valence-electron chi connectivity index (χ1n) is 4.50. The number of hydrogen-bond donors (Lipinski definition) is 2. The molecule has 2 nitrogen and oxygen atoms in total. The quantitative estimate of drug-likeness (QED) is 0.703. The highest BCUT2D eigenvalue weighted by atomic mass is 16.3. The first-order valence-corrected chi connectivity index (χ1v) is 4.50. The van der Waals surface area contributed by atoms with Crippen LogP contribution < -0.4 is 0 Å². The molecule has 0 saturated carbocycles. The average Bonchev–Trinajstić information content (AvgIpc) is 2.14. The minimum Gasteiger partial charge on any atom is -0.507 e. The monoisotopic (exact) mass is 190 g/mol.